The average Bonchev–Trinajstić information content (AvgIpc) is 2.55. The van der Waals surface area contributed by atoms with E-state index in [0.29, 0.717) is 17.6 Å². The molecule has 0 spiro atoms. The molecule has 0 amide bonds. The largest absolute Gasteiger partial charge is 0.507 e. The molecule has 1 fully saturated rings. The van der Waals surface area contributed by atoms with Crippen LogP contribution in [0.3, 0.4) is 0 Å². The molecule has 0 aliphatic carbocycles. The number of piperidine rings is 1. The van der Waals surface area contributed by atoms with Gasteiger partial charge in [0.1, 0.15) is 11.9 Å². The Morgan fingerprint density at radius 2 is 2.00 bits per heavy atom. The van der Waals surface area contributed by atoms with E-state index in [1.165, 1.54) is 6.92 Å². The lowest BCUT2D eigenvalue weighted by atomic mass is 10.0. The summed E-state index contributed by atoms with van der Waals surface area (Å²) in [7, 11) is 2.03. The highest BCUT2D eigenvalue weighted by Crippen LogP contribution is 2.38. The molecule has 5 nitrogen and oxygen atoms in total. The minimum Gasteiger partial charge on any atom is -0.507 e. The third-order valence-corrected chi connectivity index (χ3v) is 4.41. The summed E-state index contributed by atoms with van der Waals surface area (Å²) in [6, 6.07) is 4.89. The van der Waals surface area contributed by atoms with Crippen LogP contribution in [-0.4, -0.2) is 46.4 Å². The number of nitrogens with zero attached hydrogens (tertiary/aromatic N) is 3. The van der Waals surface area contributed by atoms with E-state index in [9.17, 15) is 18.3 Å². The molecular weight excluding hydrogens is 347 g/mol. The number of likely N-dealkylation sites (tertiary alicyclic amines) is 1. The Hall–Kier alpha value is -2.35. The first-order valence-corrected chi connectivity index (χ1v) is 8.34. The van der Waals surface area contributed by atoms with Gasteiger partial charge in [-0.25, -0.2) is 0 Å². The highest BCUT2D eigenvalue weighted by Gasteiger charge is 2.32. The second kappa shape index (κ2) is 7.11. The van der Waals surface area contributed by atoms with Gasteiger partial charge in [0.15, 0.2) is 0 Å². The van der Waals surface area contributed by atoms with Gasteiger partial charge < -0.3 is 14.7 Å². The van der Waals surface area contributed by atoms with Crippen molar-refractivity contribution in [2.45, 2.75) is 32.0 Å². The van der Waals surface area contributed by atoms with Crippen LogP contribution < -0.4 is 4.74 Å². The van der Waals surface area contributed by atoms with E-state index in [1.54, 1.807) is 12.1 Å². The lowest BCUT2D eigenvalue weighted by Gasteiger charge is -2.29. The molecule has 1 saturated heterocycles. The Bertz CT molecular complexity index is 755. The molecule has 140 valence electrons. The van der Waals surface area contributed by atoms with Crippen LogP contribution in [0.2, 0.25) is 0 Å². The van der Waals surface area contributed by atoms with E-state index >= 15 is 0 Å². The smallest absolute Gasteiger partial charge is 0.416 e. The number of alkyl halides is 3. The minimum absolute atomic E-state index is 0.0371. The predicted molar refractivity (Wildman–Crippen MR) is 90.0 cm³/mol. The molecule has 26 heavy (non-hydrogen) atoms. The van der Waals surface area contributed by atoms with Gasteiger partial charge in [-0.05, 0) is 57.1 Å². The van der Waals surface area contributed by atoms with Crippen LogP contribution in [0, 0.1) is 6.92 Å². The molecule has 0 unspecified atom stereocenters. The van der Waals surface area contributed by atoms with E-state index in [-0.39, 0.29) is 17.2 Å². The summed E-state index contributed by atoms with van der Waals surface area (Å²) < 4.78 is 44.3. The fraction of sp³-hybridized carbons (Fsp3) is 0.444. The van der Waals surface area contributed by atoms with Crippen LogP contribution in [0.5, 0.6) is 11.6 Å². The average molecular weight is 367 g/mol. The maximum absolute atomic E-state index is 12.8. The molecule has 1 N–H and O–H groups in total. The number of likely N-dealkylation sites (N-methyl/N-ethyl adjacent to an activating group) is 1. The first-order valence-electron chi connectivity index (χ1n) is 8.34. The van der Waals surface area contributed by atoms with Crippen LogP contribution in [0.15, 0.2) is 24.3 Å². The van der Waals surface area contributed by atoms with Gasteiger partial charge in [0.25, 0.3) is 0 Å². The predicted octanol–water partition coefficient (Wildman–Crippen LogP) is 3.65. The van der Waals surface area contributed by atoms with Gasteiger partial charge >= 0.3 is 6.18 Å². The van der Waals surface area contributed by atoms with Crippen molar-refractivity contribution in [1.29, 1.82) is 0 Å². The highest BCUT2D eigenvalue weighted by molar-refractivity contribution is 5.71. The first-order chi connectivity index (χ1) is 12.2. The number of aryl methyl sites for hydroxylation is 1. The van der Waals surface area contributed by atoms with Crippen molar-refractivity contribution in [3.63, 3.8) is 0 Å². The molecule has 0 bridgehead atoms. The van der Waals surface area contributed by atoms with Crippen molar-refractivity contribution >= 4 is 0 Å². The molecule has 2 heterocycles. The van der Waals surface area contributed by atoms with Crippen LogP contribution in [-0.2, 0) is 6.18 Å². The van der Waals surface area contributed by atoms with E-state index in [2.05, 4.69) is 15.1 Å². The topological polar surface area (TPSA) is 58.5 Å². The summed E-state index contributed by atoms with van der Waals surface area (Å²) in [6.07, 6.45) is -2.50. The number of rotatable bonds is 3. The highest BCUT2D eigenvalue weighted by atomic mass is 19.4. The zero-order valence-corrected chi connectivity index (χ0v) is 14.5. The van der Waals surface area contributed by atoms with Crippen LogP contribution >= 0.6 is 0 Å². The zero-order valence-electron chi connectivity index (χ0n) is 14.5. The normalized spacial score (nSPS) is 18.7. The van der Waals surface area contributed by atoms with Gasteiger partial charge in [0.2, 0.25) is 5.88 Å². The maximum atomic E-state index is 12.8. The number of benzene rings is 1. The quantitative estimate of drug-likeness (QED) is 0.897. The number of aromatic nitrogens is 2. The Morgan fingerprint density at radius 1 is 1.23 bits per heavy atom. The molecule has 1 aromatic heterocycles. The van der Waals surface area contributed by atoms with Crippen molar-refractivity contribution in [3.05, 3.63) is 35.4 Å². The second-order valence-electron chi connectivity index (χ2n) is 6.59. The Balaban J connectivity index is 1.80. The van der Waals surface area contributed by atoms with Crippen molar-refractivity contribution in [2.24, 2.45) is 0 Å². The van der Waals surface area contributed by atoms with E-state index < -0.39 is 17.5 Å². The molecule has 8 heteroatoms. The SMILES string of the molecule is Cc1cc(C(F)(F)F)cc(O)c1-c1ccc(O[C@H]2CCCN(C)C2)nn1. The number of phenolic OH excluding ortho intramolecular Hbond substituents is 1. The van der Waals surface area contributed by atoms with E-state index in [0.717, 1.165) is 32.0 Å². The lowest BCUT2D eigenvalue weighted by molar-refractivity contribution is -0.137. The van der Waals surface area contributed by atoms with E-state index in [1.807, 2.05) is 7.05 Å². The Labute approximate surface area is 149 Å². The first kappa shape index (κ1) is 18.4. The van der Waals surface area contributed by atoms with Crippen molar-refractivity contribution in [3.8, 4) is 22.9 Å². The molecule has 1 atom stereocenters. The van der Waals surface area contributed by atoms with Gasteiger partial charge in [0.05, 0.1) is 11.3 Å². The van der Waals surface area contributed by atoms with Crippen LogP contribution in [0.25, 0.3) is 11.3 Å². The fourth-order valence-corrected chi connectivity index (χ4v) is 3.17. The number of halogens is 3. The molecular formula is C18H20F3N3O2. The molecule has 0 saturated carbocycles. The van der Waals surface area contributed by atoms with Crippen molar-refractivity contribution in [2.75, 3.05) is 20.1 Å². The third kappa shape index (κ3) is 4.07. The molecule has 0 radical (unpaired) electrons. The maximum Gasteiger partial charge on any atom is 0.416 e. The number of aromatic hydroxyl groups is 1. The van der Waals surface area contributed by atoms with Crippen molar-refractivity contribution in [1.82, 2.24) is 15.1 Å². The number of hydrogen-bond acceptors (Lipinski definition) is 5. The van der Waals surface area contributed by atoms with Crippen LogP contribution in [0.1, 0.15) is 24.0 Å². The molecule has 1 aliphatic heterocycles. The molecule has 1 aromatic carbocycles. The second-order valence-corrected chi connectivity index (χ2v) is 6.59. The van der Waals surface area contributed by atoms with E-state index in [4.69, 9.17) is 4.74 Å². The summed E-state index contributed by atoms with van der Waals surface area (Å²) in [4.78, 5) is 2.18. The lowest BCUT2D eigenvalue weighted by Crippen LogP contribution is -2.38. The molecule has 3 rings (SSSR count). The van der Waals surface area contributed by atoms with Gasteiger partial charge in [0, 0.05) is 18.2 Å². The van der Waals surface area contributed by atoms with Gasteiger partial charge in [-0.2, -0.15) is 13.2 Å². The molecule has 1 aliphatic rings. The number of ether oxygens (including phenoxy) is 1. The standard InChI is InChI=1S/C18H20F3N3O2/c1-11-8-12(18(19,20)21)9-15(25)17(11)14-5-6-16(23-22-14)26-13-4-3-7-24(2)10-13/h5-6,8-9,13,25H,3-4,7,10H2,1-2H3/t13-/m0/s1. The Morgan fingerprint density at radius 3 is 2.58 bits per heavy atom. The fourth-order valence-electron chi connectivity index (χ4n) is 3.17. The van der Waals surface area contributed by atoms with Gasteiger partial charge in [-0.15, -0.1) is 10.2 Å². The minimum atomic E-state index is -4.52. The number of hydrogen-bond donors (Lipinski definition) is 1. The van der Waals surface area contributed by atoms with Gasteiger partial charge in [-0.1, -0.05) is 0 Å². The van der Waals surface area contributed by atoms with Gasteiger partial charge in [-0.3, -0.25) is 0 Å². The zero-order chi connectivity index (χ0) is 18.9. The summed E-state index contributed by atoms with van der Waals surface area (Å²) in [5.74, 6) is -0.118. The third-order valence-electron chi connectivity index (χ3n) is 4.41. The van der Waals surface area contributed by atoms with Crippen LogP contribution in [0.4, 0.5) is 13.2 Å². The van der Waals surface area contributed by atoms with Crippen molar-refractivity contribution < 1.29 is 23.0 Å². The molecule has 2 aromatic rings. The summed E-state index contributed by atoms with van der Waals surface area (Å²) >= 11 is 0. The number of phenols is 1. The summed E-state index contributed by atoms with van der Waals surface area (Å²) in [5, 5.41) is 18.1. The summed E-state index contributed by atoms with van der Waals surface area (Å²) in [6.45, 7) is 3.34. The Kier molecular flexibility index (Phi) is 5.04. The monoisotopic (exact) mass is 367 g/mol. The summed E-state index contributed by atoms with van der Waals surface area (Å²) in [5.41, 5.74) is -0.101.